The van der Waals surface area contributed by atoms with Crippen LogP contribution in [0.3, 0.4) is 0 Å². The van der Waals surface area contributed by atoms with Crippen molar-refractivity contribution in [3.8, 4) is 0 Å². The van der Waals surface area contributed by atoms with Crippen LogP contribution in [-0.4, -0.2) is 21.4 Å². The molecule has 0 aliphatic heterocycles. The highest BCUT2D eigenvalue weighted by atomic mass is 28.3. The second kappa shape index (κ2) is 5.60. The first-order valence-corrected chi connectivity index (χ1v) is 7.49. The zero-order valence-electron chi connectivity index (χ0n) is 8.69. The minimum absolute atomic E-state index is 0.0597. The highest BCUT2D eigenvalue weighted by Crippen LogP contribution is 1.97. The van der Waals surface area contributed by atoms with E-state index in [4.69, 9.17) is 4.74 Å². The Morgan fingerprint density at radius 2 is 2.00 bits per heavy atom. The topological polar surface area (TPSA) is 26.3 Å². The molecule has 0 aliphatic carbocycles. The molecule has 2 nitrogen and oxygen atoms in total. The summed E-state index contributed by atoms with van der Waals surface area (Å²) in [6.45, 7) is 4.49. The lowest BCUT2D eigenvalue weighted by molar-refractivity contribution is -0.140. The third kappa shape index (κ3) is 3.34. The molecular formula is C11H16O2Si. The fourth-order valence-electron chi connectivity index (χ4n) is 1.37. The van der Waals surface area contributed by atoms with Crippen LogP contribution in [-0.2, 0) is 9.53 Å². The van der Waals surface area contributed by atoms with Crippen molar-refractivity contribution in [2.45, 2.75) is 19.5 Å². The Balaban J connectivity index is 2.50. The van der Waals surface area contributed by atoms with Crippen molar-refractivity contribution < 1.29 is 9.53 Å². The number of esters is 1. The molecule has 0 bridgehead atoms. The maximum atomic E-state index is 11.2. The van der Waals surface area contributed by atoms with Gasteiger partial charge < -0.3 is 4.74 Å². The highest BCUT2D eigenvalue weighted by molar-refractivity contribution is 6.74. The number of ether oxygens (including phenoxy) is 1. The molecule has 0 radical (unpaired) electrons. The number of hydrogen-bond acceptors (Lipinski definition) is 2. The lowest BCUT2D eigenvalue weighted by atomic mass is 10.4. The monoisotopic (exact) mass is 208 g/mol. The van der Waals surface area contributed by atoms with Crippen molar-refractivity contribution in [3.05, 3.63) is 30.3 Å². The van der Waals surface area contributed by atoms with Crippen LogP contribution in [0, 0.1) is 0 Å². The van der Waals surface area contributed by atoms with Gasteiger partial charge in [-0.25, -0.2) is 0 Å². The van der Waals surface area contributed by atoms with Gasteiger partial charge in [-0.05, 0) is 6.92 Å². The lowest BCUT2D eigenvalue weighted by Crippen LogP contribution is -2.29. The van der Waals surface area contributed by atoms with Gasteiger partial charge in [0, 0.05) is 6.04 Å². The lowest BCUT2D eigenvalue weighted by Gasteiger charge is -2.08. The molecule has 1 atom stereocenters. The molecule has 0 aromatic heterocycles. The van der Waals surface area contributed by atoms with Crippen molar-refractivity contribution in [1.82, 2.24) is 0 Å². The Morgan fingerprint density at radius 3 is 2.57 bits per heavy atom. The van der Waals surface area contributed by atoms with Crippen LogP contribution in [0.5, 0.6) is 0 Å². The molecule has 0 amide bonds. The summed E-state index contributed by atoms with van der Waals surface area (Å²) in [6, 6.07) is 10.8. The van der Waals surface area contributed by atoms with Gasteiger partial charge in [0.05, 0.1) is 15.4 Å². The summed E-state index contributed by atoms with van der Waals surface area (Å²) < 4.78 is 4.93. The Morgan fingerprint density at radius 1 is 1.36 bits per heavy atom. The number of carbonyl (C=O) groups is 1. The summed E-state index contributed by atoms with van der Waals surface area (Å²) in [7, 11) is -1.12. The molecule has 1 unspecified atom stereocenters. The van der Waals surface area contributed by atoms with E-state index in [1.165, 1.54) is 5.19 Å². The molecule has 0 saturated carbocycles. The van der Waals surface area contributed by atoms with Gasteiger partial charge in [-0.1, -0.05) is 42.1 Å². The normalized spacial score (nSPS) is 12.1. The predicted octanol–water partition coefficient (Wildman–Crippen LogP) is 1.31. The maximum Gasteiger partial charge on any atom is 0.303 e. The molecule has 0 N–H and O–H groups in total. The zero-order chi connectivity index (χ0) is 10.4. The Hall–Kier alpha value is -1.09. The van der Waals surface area contributed by atoms with Crippen LogP contribution in [0.4, 0.5) is 0 Å². The maximum absolute atomic E-state index is 11.2. The summed E-state index contributed by atoms with van der Waals surface area (Å²) >= 11 is 0. The minimum Gasteiger partial charge on any atom is -0.466 e. The van der Waals surface area contributed by atoms with E-state index in [1.54, 1.807) is 0 Å². The molecule has 0 aliphatic rings. The molecule has 1 aromatic carbocycles. The average Bonchev–Trinajstić information content (AvgIpc) is 2.19. The van der Waals surface area contributed by atoms with E-state index in [2.05, 4.69) is 18.7 Å². The van der Waals surface area contributed by atoms with Crippen molar-refractivity contribution >= 4 is 20.0 Å². The van der Waals surface area contributed by atoms with E-state index < -0.39 is 8.80 Å². The molecular weight excluding hydrogens is 192 g/mol. The first-order valence-electron chi connectivity index (χ1n) is 4.94. The number of carbonyl (C=O) groups excluding carboxylic acids is 1. The number of hydrogen-bond donors (Lipinski definition) is 0. The van der Waals surface area contributed by atoms with Gasteiger partial charge in [-0.15, -0.1) is 0 Å². The van der Waals surface area contributed by atoms with Gasteiger partial charge in [0.25, 0.3) is 0 Å². The molecule has 3 heteroatoms. The summed E-state index contributed by atoms with van der Waals surface area (Å²) in [5.74, 6) is -0.0597. The van der Waals surface area contributed by atoms with Crippen LogP contribution < -0.4 is 5.19 Å². The van der Waals surface area contributed by atoms with Crippen LogP contribution in [0.25, 0.3) is 0 Å². The smallest absolute Gasteiger partial charge is 0.303 e. The third-order valence-electron chi connectivity index (χ3n) is 2.15. The second-order valence-corrected chi connectivity index (χ2v) is 6.20. The Labute approximate surface area is 86.5 Å². The minimum atomic E-state index is -1.12. The van der Waals surface area contributed by atoms with Gasteiger partial charge >= 0.3 is 5.97 Å². The van der Waals surface area contributed by atoms with Crippen LogP contribution in [0.1, 0.15) is 6.92 Å². The molecule has 76 valence electrons. The van der Waals surface area contributed by atoms with Gasteiger partial charge in [0.2, 0.25) is 0 Å². The van der Waals surface area contributed by atoms with E-state index in [-0.39, 0.29) is 5.97 Å². The quantitative estimate of drug-likeness (QED) is 0.551. The fourth-order valence-corrected chi connectivity index (χ4v) is 3.10. The third-order valence-corrected chi connectivity index (χ3v) is 4.62. The molecule has 0 heterocycles. The fraction of sp³-hybridized carbons (Fsp3) is 0.364. The highest BCUT2D eigenvalue weighted by Gasteiger charge is 2.12. The van der Waals surface area contributed by atoms with Crippen molar-refractivity contribution in [3.63, 3.8) is 0 Å². The van der Waals surface area contributed by atoms with Crippen molar-refractivity contribution in [1.29, 1.82) is 0 Å². The van der Waals surface area contributed by atoms with Crippen LogP contribution in [0.2, 0.25) is 12.6 Å². The van der Waals surface area contributed by atoms with E-state index in [1.807, 2.05) is 25.1 Å². The zero-order valence-corrected chi connectivity index (χ0v) is 9.85. The Bertz CT molecular complexity index is 285. The van der Waals surface area contributed by atoms with Crippen molar-refractivity contribution in [2.24, 2.45) is 0 Å². The summed E-state index contributed by atoms with van der Waals surface area (Å²) in [4.78, 5) is 11.2. The summed E-state index contributed by atoms with van der Waals surface area (Å²) in [6.07, 6.45) is 0. The second-order valence-electron chi connectivity index (χ2n) is 3.32. The van der Waals surface area contributed by atoms with Crippen LogP contribution >= 0.6 is 0 Å². The molecule has 0 spiro atoms. The molecule has 14 heavy (non-hydrogen) atoms. The molecule has 1 aromatic rings. The summed E-state index contributed by atoms with van der Waals surface area (Å²) in [5, 5.41) is 1.32. The Kier molecular flexibility index (Phi) is 4.39. The predicted molar refractivity (Wildman–Crippen MR) is 60.5 cm³/mol. The number of benzene rings is 1. The van der Waals surface area contributed by atoms with E-state index in [0.717, 1.165) is 0 Å². The first-order chi connectivity index (χ1) is 6.74. The SMILES string of the molecule is CCOC(=O)C[SiH](C)c1ccccc1. The molecule has 1 rings (SSSR count). The largest absolute Gasteiger partial charge is 0.466 e. The molecule has 0 fully saturated rings. The van der Waals surface area contributed by atoms with E-state index in [9.17, 15) is 4.79 Å². The molecule has 0 saturated heterocycles. The van der Waals surface area contributed by atoms with Gasteiger partial charge in [-0.2, -0.15) is 0 Å². The van der Waals surface area contributed by atoms with E-state index >= 15 is 0 Å². The van der Waals surface area contributed by atoms with E-state index in [0.29, 0.717) is 12.7 Å². The van der Waals surface area contributed by atoms with Gasteiger partial charge in [0.15, 0.2) is 0 Å². The van der Waals surface area contributed by atoms with Crippen LogP contribution in [0.15, 0.2) is 30.3 Å². The number of rotatable bonds is 4. The van der Waals surface area contributed by atoms with Gasteiger partial charge in [0.1, 0.15) is 0 Å². The van der Waals surface area contributed by atoms with Crippen molar-refractivity contribution in [2.75, 3.05) is 6.61 Å². The summed E-state index contributed by atoms with van der Waals surface area (Å²) in [5.41, 5.74) is 0. The first kappa shape index (κ1) is 11.0. The average molecular weight is 208 g/mol. The van der Waals surface area contributed by atoms with Gasteiger partial charge in [-0.3, -0.25) is 4.79 Å². The standard InChI is InChI=1S/C11H16O2Si/c1-3-13-11(12)9-14(2)10-7-5-4-6-8-10/h4-8,14H,3,9H2,1-2H3.